The summed E-state index contributed by atoms with van der Waals surface area (Å²) in [5.41, 5.74) is -0.714. The highest BCUT2D eigenvalue weighted by atomic mass is 19.4. The van der Waals surface area contributed by atoms with E-state index in [1.54, 1.807) is 19.3 Å². The fraction of sp³-hybridized carbons (Fsp3) is 0.400. The van der Waals surface area contributed by atoms with Gasteiger partial charge in [-0.2, -0.15) is 13.2 Å². The number of halogens is 4. The molecule has 1 unspecified atom stereocenters. The number of benzene rings is 1. The number of aliphatic imine (C=N–C) groups is 1. The number of nitrogens with one attached hydrogen (secondary N) is 2. The van der Waals surface area contributed by atoms with E-state index >= 15 is 0 Å². The quantitative estimate of drug-likeness (QED) is 0.322. The van der Waals surface area contributed by atoms with Crippen LogP contribution < -0.4 is 20.3 Å². The van der Waals surface area contributed by atoms with Gasteiger partial charge in [0.2, 0.25) is 0 Å². The first kappa shape index (κ1) is 21.7. The third-order valence-electron chi connectivity index (χ3n) is 4.64. The first-order valence-corrected chi connectivity index (χ1v) is 9.49. The lowest BCUT2D eigenvalue weighted by molar-refractivity contribution is -0.137. The zero-order valence-electron chi connectivity index (χ0n) is 16.4. The van der Waals surface area contributed by atoms with Gasteiger partial charge in [0.25, 0.3) is 0 Å². The Balaban J connectivity index is 1.41. The second-order valence-corrected chi connectivity index (χ2v) is 6.75. The molecule has 10 heteroatoms. The number of hydrogen-bond acceptors (Lipinski definition) is 4. The standard InChI is InChI=1S/C20H23F4N5O/c1-25-19(27-10-12-30-16-6-4-14(5-7-16)20(22,23)24)28-15-8-11-29(13-15)18-17(21)3-2-9-26-18/h2-7,9,15H,8,10-13H2,1H3,(H2,25,27,28). The Morgan fingerprint density at radius 1 is 1.27 bits per heavy atom. The second kappa shape index (κ2) is 9.64. The van der Waals surface area contributed by atoms with Gasteiger partial charge in [-0.05, 0) is 42.8 Å². The average molecular weight is 425 g/mol. The summed E-state index contributed by atoms with van der Waals surface area (Å²) in [5.74, 6) is 0.923. The molecule has 2 heterocycles. The van der Waals surface area contributed by atoms with Crippen molar-refractivity contribution in [2.45, 2.75) is 18.6 Å². The largest absolute Gasteiger partial charge is 0.492 e. The predicted molar refractivity (Wildman–Crippen MR) is 106 cm³/mol. The fourth-order valence-corrected chi connectivity index (χ4v) is 3.15. The molecule has 2 N–H and O–H groups in total. The number of guanidine groups is 1. The maximum Gasteiger partial charge on any atom is 0.416 e. The molecule has 0 radical (unpaired) electrons. The number of nitrogens with zero attached hydrogens (tertiary/aromatic N) is 3. The van der Waals surface area contributed by atoms with Gasteiger partial charge < -0.3 is 20.3 Å². The van der Waals surface area contributed by atoms with Crippen LogP contribution in [0.25, 0.3) is 0 Å². The molecule has 1 fully saturated rings. The Morgan fingerprint density at radius 3 is 2.70 bits per heavy atom. The maximum absolute atomic E-state index is 13.9. The molecular weight excluding hydrogens is 402 g/mol. The third kappa shape index (κ3) is 5.74. The molecule has 162 valence electrons. The molecule has 0 amide bonds. The van der Waals surface area contributed by atoms with Crippen LogP contribution in [0, 0.1) is 5.82 Å². The molecule has 0 saturated carbocycles. The SMILES string of the molecule is CN=C(NCCOc1ccc(C(F)(F)F)cc1)NC1CCN(c2ncccc2F)C1. The van der Waals surface area contributed by atoms with E-state index in [1.807, 2.05) is 4.90 Å². The highest BCUT2D eigenvalue weighted by molar-refractivity contribution is 5.80. The van der Waals surface area contributed by atoms with Crippen molar-refractivity contribution in [2.75, 3.05) is 38.2 Å². The summed E-state index contributed by atoms with van der Waals surface area (Å²) in [6.07, 6.45) is -1.99. The molecule has 1 aromatic heterocycles. The Kier molecular flexibility index (Phi) is 6.96. The Hall–Kier alpha value is -3.04. The Labute approximate surface area is 172 Å². The molecule has 1 atom stereocenters. The smallest absolute Gasteiger partial charge is 0.416 e. The normalized spacial score (nSPS) is 17.2. The number of pyridine rings is 1. The maximum atomic E-state index is 13.9. The minimum absolute atomic E-state index is 0.0773. The number of ether oxygens (including phenoxy) is 1. The van der Waals surface area contributed by atoms with Gasteiger partial charge in [0, 0.05) is 32.4 Å². The summed E-state index contributed by atoms with van der Waals surface area (Å²) < 4.78 is 57.0. The van der Waals surface area contributed by atoms with E-state index in [9.17, 15) is 17.6 Å². The molecule has 2 aromatic rings. The van der Waals surface area contributed by atoms with Gasteiger partial charge in [0.15, 0.2) is 17.6 Å². The predicted octanol–water partition coefficient (Wildman–Crippen LogP) is 3.06. The van der Waals surface area contributed by atoms with E-state index in [1.165, 1.54) is 18.2 Å². The molecular formula is C20H23F4N5O. The number of aromatic nitrogens is 1. The van der Waals surface area contributed by atoms with Crippen LogP contribution in [-0.4, -0.2) is 50.3 Å². The van der Waals surface area contributed by atoms with Crippen LogP contribution in [0.1, 0.15) is 12.0 Å². The minimum atomic E-state index is -4.36. The van der Waals surface area contributed by atoms with Gasteiger partial charge in [-0.3, -0.25) is 4.99 Å². The summed E-state index contributed by atoms with van der Waals surface area (Å²) in [7, 11) is 1.64. The first-order valence-electron chi connectivity index (χ1n) is 9.49. The van der Waals surface area contributed by atoms with Gasteiger partial charge in [-0.15, -0.1) is 0 Å². The lowest BCUT2D eigenvalue weighted by Gasteiger charge is -2.20. The van der Waals surface area contributed by atoms with Crippen molar-refractivity contribution in [3.05, 3.63) is 54.0 Å². The molecule has 3 rings (SSSR count). The number of rotatable bonds is 6. The highest BCUT2D eigenvalue weighted by Gasteiger charge is 2.30. The van der Waals surface area contributed by atoms with Crippen molar-refractivity contribution in [3.63, 3.8) is 0 Å². The number of hydrogen-bond donors (Lipinski definition) is 2. The Morgan fingerprint density at radius 2 is 2.03 bits per heavy atom. The molecule has 30 heavy (non-hydrogen) atoms. The molecule has 0 aliphatic carbocycles. The molecule has 0 bridgehead atoms. The van der Waals surface area contributed by atoms with Crippen LogP contribution >= 0.6 is 0 Å². The molecule has 1 saturated heterocycles. The first-order chi connectivity index (χ1) is 14.4. The summed E-state index contributed by atoms with van der Waals surface area (Å²) in [6.45, 7) is 1.93. The van der Waals surface area contributed by atoms with Crippen LogP contribution in [0.3, 0.4) is 0 Å². The van der Waals surface area contributed by atoms with E-state index in [4.69, 9.17) is 4.74 Å². The van der Waals surface area contributed by atoms with Crippen molar-refractivity contribution in [1.82, 2.24) is 15.6 Å². The molecule has 1 aliphatic rings. The molecule has 6 nitrogen and oxygen atoms in total. The fourth-order valence-electron chi connectivity index (χ4n) is 3.15. The van der Waals surface area contributed by atoms with Crippen molar-refractivity contribution < 1.29 is 22.3 Å². The lowest BCUT2D eigenvalue weighted by atomic mass is 10.2. The monoisotopic (exact) mass is 425 g/mol. The van der Waals surface area contributed by atoms with Crippen LogP contribution in [0.5, 0.6) is 5.75 Å². The summed E-state index contributed by atoms with van der Waals surface area (Å²) in [4.78, 5) is 10.1. The second-order valence-electron chi connectivity index (χ2n) is 6.75. The van der Waals surface area contributed by atoms with E-state index in [2.05, 4.69) is 20.6 Å². The van der Waals surface area contributed by atoms with Crippen molar-refractivity contribution in [3.8, 4) is 5.75 Å². The highest BCUT2D eigenvalue weighted by Crippen LogP contribution is 2.30. The minimum Gasteiger partial charge on any atom is -0.492 e. The van der Waals surface area contributed by atoms with E-state index < -0.39 is 11.7 Å². The average Bonchev–Trinajstić information content (AvgIpc) is 3.18. The van der Waals surface area contributed by atoms with Gasteiger partial charge in [-0.1, -0.05) is 0 Å². The molecule has 0 spiro atoms. The zero-order valence-corrected chi connectivity index (χ0v) is 16.4. The topological polar surface area (TPSA) is 61.8 Å². The van der Waals surface area contributed by atoms with Crippen LogP contribution in [-0.2, 0) is 6.18 Å². The molecule has 1 aromatic carbocycles. The number of alkyl halides is 3. The van der Waals surface area contributed by atoms with Crippen LogP contribution in [0.4, 0.5) is 23.4 Å². The third-order valence-corrected chi connectivity index (χ3v) is 4.64. The van der Waals surface area contributed by atoms with Gasteiger partial charge in [-0.25, -0.2) is 9.37 Å². The summed E-state index contributed by atoms with van der Waals surface area (Å²) >= 11 is 0. The summed E-state index contributed by atoms with van der Waals surface area (Å²) in [6, 6.07) is 7.58. The molecule has 1 aliphatic heterocycles. The van der Waals surface area contributed by atoms with Crippen molar-refractivity contribution in [2.24, 2.45) is 4.99 Å². The summed E-state index contributed by atoms with van der Waals surface area (Å²) in [5, 5.41) is 6.37. The van der Waals surface area contributed by atoms with E-state index in [-0.39, 0.29) is 18.5 Å². The zero-order chi connectivity index (χ0) is 21.6. The van der Waals surface area contributed by atoms with Crippen LogP contribution in [0.15, 0.2) is 47.6 Å². The lowest BCUT2D eigenvalue weighted by Crippen LogP contribution is -2.45. The van der Waals surface area contributed by atoms with Gasteiger partial charge in [0.05, 0.1) is 12.1 Å². The van der Waals surface area contributed by atoms with Crippen molar-refractivity contribution in [1.29, 1.82) is 0 Å². The van der Waals surface area contributed by atoms with Gasteiger partial charge >= 0.3 is 6.18 Å². The van der Waals surface area contributed by atoms with Crippen LogP contribution in [0.2, 0.25) is 0 Å². The Bertz CT molecular complexity index is 857. The number of anilines is 1. The van der Waals surface area contributed by atoms with E-state index in [0.717, 1.165) is 18.6 Å². The van der Waals surface area contributed by atoms with Crippen molar-refractivity contribution >= 4 is 11.8 Å². The van der Waals surface area contributed by atoms with Gasteiger partial charge in [0.1, 0.15) is 12.4 Å². The van der Waals surface area contributed by atoms with E-state index in [0.29, 0.717) is 37.2 Å².